The summed E-state index contributed by atoms with van der Waals surface area (Å²) in [6.45, 7) is 10.1. The third-order valence-electron chi connectivity index (χ3n) is 2.17. The summed E-state index contributed by atoms with van der Waals surface area (Å²) in [5.74, 6) is -0.0325. The molecule has 0 aromatic carbocycles. The number of pyridine rings is 1. The second-order valence-electron chi connectivity index (χ2n) is 3.45. The molecule has 0 amide bonds. The molecule has 0 spiro atoms. The summed E-state index contributed by atoms with van der Waals surface area (Å²) in [7, 11) is 0. The van der Waals surface area contributed by atoms with Crippen LogP contribution in [0, 0.1) is 6.92 Å². The van der Waals surface area contributed by atoms with Crippen LogP contribution in [0.3, 0.4) is 0 Å². The molecule has 1 N–H and O–H groups in total. The molecule has 84 valence electrons. The van der Waals surface area contributed by atoms with Crippen molar-refractivity contribution in [2.45, 2.75) is 12.8 Å². The first-order valence-corrected chi connectivity index (χ1v) is 5.54. The zero-order valence-electron chi connectivity index (χ0n) is 9.44. The highest BCUT2D eigenvalue weighted by Gasteiger charge is 2.13. The third kappa shape index (κ3) is 3.28. The molecule has 2 nitrogen and oxygen atoms in total. The van der Waals surface area contributed by atoms with Crippen LogP contribution in [-0.4, -0.2) is 16.5 Å². The molecule has 16 heavy (non-hydrogen) atoms. The topological polar surface area (TPSA) is 24.9 Å². The van der Waals surface area contributed by atoms with Gasteiger partial charge in [0, 0.05) is 12.2 Å². The zero-order valence-corrected chi connectivity index (χ0v) is 10.3. The molecule has 1 aromatic heterocycles. The zero-order chi connectivity index (χ0) is 12.0. The van der Waals surface area contributed by atoms with Crippen molar-refractivity contribution in [1.82, 2.24) is 10.3 Å². The van der Waals surface area contributed by atoms with Crippen molar-refractivity contribution in [1.29, 1.82) is 0 Å². The second-order valence-corrected chi connectivity index (χ2v) is 3.89. The average molecular weight is 232 g/mol. The van der Waals surface area contributed by atoms with E-state index in [4.69, 9.17) is 12.2 Å². The summed E-state index contributed by atoms with van der Waals surface area (Å²) >= 11 is 5.30. The molecule has 0 fully saturated rings. The summed E-state index contributed by atoms with van der Waals surface area (Å²) in [4.78, 5) is 5.18. The van der Waals surface area contributed by atoms with Crippen LogP contribution in [-0.2, 0) is 0 Å². The number of aromatic nitrogens is 1. The van der Waals surface area contributed by atoms with Crippen LogP contribution < -0.4 is 5.32 Å². The van der Waals surface area contributed by atoms with Crippen molar-refractivity contribution in [2.24, 2.45) is 0 Å². The Labute approximate surface area is 102 Å². The van der Waals surface area contributed by atoms with E-state index in [1.54, 1.807) is 12.2 Å². The van der Waals surface area contributed by atoms with E-state index in [1.165, 1.54) is 0 Å². The Hall–Kier alpha value is -1.48. The molecule has 0 radical (unpaired) electrons. The first-order valence-electron chi connectivity index (χ1n) is 5.13. The van der Waals surface area contributed by atoms with Gasteiger partial charge in [0.15, 0.2) is 0 Å². The van der Waals surface area contributed by atoms with Gasteiger partial charge in [0.1, 0.15) is 0 Å². The SMILES string of the molecule is C=CCNC(=S)C(C=C)c1cccc(C)n1. The Morgan fingerprint density at radius 1 is 1.56 bits per heavy atom. The van der Waals surface area contributed by atoms with Crippen LogP contribution in [0.4, 0.5) is 0 Å². The van der Waals surface area contributed by atoms with Crippen LogP contribution in [0.25, 0.3) is 0 Å². The number of nitrogens with zero attached hydrogens (tertiary/aromatic N) is 1. The minimum Gasteiger partial charge on any atom is -0.375 e. The van der Waals surface area contributed by atoms with Crippen molar-refractivity contribution in [3.8, 4) is 0 Å². The van der Waals surface area contributed by atoms with Gasteiger partial charge in [-0.05, 0) is 19.1 Å². The Balaban J connectivity index is 2.85. The minimum atomic E-state index is -0.0325. The molecule has 0 saturated carbocycles. The molecule has 0 aliphatic rings. The molecule has 1 rings (SSSR count). The van der Waals surface area contributed by atoms with E-state index in [0.29, 0.717) is 6.54 Å². The van der Waals surface area contributed by atoms with Gasteiger partial charge in [-0.3, -0.25) is 4.98 Å². The molecule has 1 atom stereocenters. The van der Waals surface area contributed by atoms with E-state index in [-0.39, 0.29) is 5.92 Å². The lowest BCUT2D eigenvalue weighted by Gasteiger charge is -2.14. The Kier molecular flexibility index (Phi) is 4.86. The van der Waals surface area contributed by atoms with Crippen molar-refractivity contribution in [3.05, 3.63) is 54.9 Å². The summed E-state index contributed by atoms with van der Waals surface area (Å²) in [6.07, 6.45) is 3.58. The van der Waals surface area contributed by atoms with Crippen molar-refractivity contribution < 1.29 is 0 Å². The van der Waals surface area contributed by atoms with E-state index in [0.717, 1.165) is 16.4 Å². The predicted molar refractivity (Wildman–Crippen MR) is 72.7 cm³/mol. The van der Waals surface area contributed by atoms with E-state index < -0.39 is 0 Å². The first kappa shape index (κ1) is 12.6. The fourth-order valence-corrected chi connectivity index (χ4v) is 1.68. The van der Waals surface area contributed by atoms with Gasteiger partial charge in [-0.25, -0.2) is 0 Å². The highest BCUT2D eigenvalue weighted by molar-refractivity contribution is 7.80. The molecule has 3 heteroatoms. The highest BCUT2D eigenvalue weighted by atomic mass is 32.1. The van der Waals surface area contributed by atoms with Gasteiger partial charge in [-0.15, -0.1) is 13.2 Å². The van der Waals surface area contributed by atoms with Gasteiger partial charge in [0.25, 0.3) is 0 Å². The second kappa shape index (κ2) is 6.18. The van der Waals surface area contributed by atoms with Gasteiger partial charge in [0.2, 0.25) is 0 Å². The number of thiocarbonyl (C=S) groups is 1. The molecule has 1 aromatic rings. The van der Waals surface area contributed by atoms with Crippen LogP contribution in [0.15, 0.2) is 43.5 Å². The van der Waals surface area contributed by atoms with Crippen LogP contribution in [0.2, 0.25) is 0 Å². The summed E-state index contributed by atoms with van der Waals surface area (Å²) in [6, 6.07) is 5.90. The molecule has 0 bridgehead atoms. The normalized spacial score (nSPS) is 11.6. The lowest BCUT2D eigenvalue weighted by Crippen LogP contribution is -2.27. The molecule has 0 aliphatic heterocycles. The lowest BCUT2D eigenvalue weighted by molar-refractivity contribution is 0.948. The number of hydrogen-bond donors (Lipinski definition) is 1. The van der Waals surface area contributed by atoms with Crippen LogP contribution >= 0.6 is 12.2 Å². The minimum absolute atomic E-state index is 0.0325. The van der Waals surface area contributed by atoms with Gasteiger partial charge in [-0.1, -0.05) is 30.4 Å². The number of aryl methyl sites for hydroxylation is 1. The average Bonchev–Trinajstić information content (AvgIpc) is 2.27. The van der Waals surface area contributed by atoms with E-state index in [9.17, 15) is 0 Å². The summed E-state index contributed by atoms with van der Waals surface area (Å²) < 4.78 is 0. The maximum absolute atomic E-state index is 5.30. The lowest BCUT2D eigenvalue weighted by atomic mass is 10.0. The van der Waals surface area contributed by atoms with Gasteiger partial charge in [-0.2, -0.15) is 0 Å². The number of nitrogens with one attached hydrogen (secondary N) is 1. The van der Waals surface area contributed by atoms with Crippen LogP contribution in [0.1, 0.15) is 17.3 Å². The molecule has 0 saturated heterocycles. The summed E-state index contributed by atoms with van der Waals surface area (Å²) in [5.41, 5.74) is 1.91. The highest BCUT2D eigenvalue weighted by Crippen LogP contribution is 2.16. The molecule has 1 heterocycles. The molecular weight excluding hydrogens is 216 g/mol. The number of rotatable bonds is 5. The van der Waals surface area contributed by atoms with E-state index in [2.05, 4.69) is 23.5 Å². The standard InChI is InChI=1S/C13H16N2S/c1-4-9-14-13(16)11(5-2)12-8-6-7-10(3)15-12/h4-8,11H,1-2,9H2,3H3,(H,14,16). The Morgan fingerprint density at radius 2 is 2.31 bits per heavy atom. The fourth-order valence-electron chi connectivity index (χ4n) is 1.38. The maximum atomic E-state index is 5.30. The summed E-state index contributed by atoms with van der Waals surface area (Å²) in [5, 5.41) is 3.10. The van der Waals surface area contributed by atoms with Crippen molar-refractivity contribution in [3.63, 3.8) is 0 Å². The quantitative estimate of drug-likeness (QED) is 0.624. The third-order valence-corrected chi connectivity index (χ3v) is 2.57. The Morgan fingerprint density at radius 3 is 2.88 bits per heavy atom. The fraction of sp³-hybridized carbons (Fsp3) is 0.231. The predicted octanol–water partition coefficient (Wildman–Crippen LogP) is 2.76. The maximum Gasteiger partial charge on any atom is 0.0886 e. The smallest absolute Gasteiger partial charge is 0.0886 e. The van der Waals surface area contributed by atoms with Crippen LogP contribution in [0.5, 0.6) is 0 Å². The van der Waals surface area contributed by atoms with Crippen molar-refractivity contribution >= 4 is 17.2 Å². The Bertz CT molecular complexity index is 399. The first-order chi connectivity index (χ1) is 7.69. The van der Waals surface area contributed by atoms with Gasteiger partial charge in [0.05, 0.1) is 16.6 Å². The monoisotopic (exact) mass is 232 g/mol. The largest absolute Gasteiger partial charge is 0.375 e. The molecule has 0 aliphatic carbocycles. The van der Waals surface area contributed by atoms with E-state index in [1.807, 2.05) is 25.1 Å². The molecular formula is C13H16N2S. The number of hydrogen-bond acceptors (Lipinski definition) is 2. The van der Waals surface area contributed by atoms with Gasteiger partial charge < -0.3 is 5.32 Å². The van der Waals surface area contributed by atoms with Crippen molar-refractivity contribution in [2.75, 3.05) is 6.54 Å². The van der Waals surface area contributed by atoms with Gasteiger partial charge >= 0.3 is 0 Å². The van der Waals surface area contributed by atoms with E-state index >= 15 is 0 Å². The molecule has 1 unspecified atom stereocenters.